The first-order valence-electron chi connectivity index (χ1n) is 8.38. The van der Waals surface area contributed by atoms with Crippen molar-refractivity contribution >= 4 is 15.9 Å². The Bertz CT molecular complexity index is 686. The minimum absolute atomic E-state index is 0.0411. The van der Waals surface area contributed by atoms with Gasteiger partial charge < -0.3 is 5.32 Å². The lowest BCUT2D eigenvalue weighted by atomic mass is 10.0. The van der Waals surface area contributed by atoms with Gasteiger partial charge in [-0.2, -0.15) is 13.2 Å². The zero-order chi connectivity index (χ0) is 20.0. The van der Waals surface area contributed by atoms with Crippen LogP contribution in [0.3, 0.4) is 0 Å². The Morgan fingerprint density at radius 1 is 1.08 bits per heavy atom. The van der Waals surface area contributed by atoms with Crippen molar-refractivity contribution < 1.29 is 26.4 Å². The van der Waals surface area contributed by atoms with Gasteiger partial charge in [-0.1, -0.05) is 26.7 Å². The molecule has 1 amide bonds. The van der Waals surface area contributed by atoms with E-state index in [0.717, 1.165) is 12.8 Å². The average molecular weight is 394 g/mol. The minimum atomic E-state index is -4.51. The molecule has 0 radical (unpaired) electrons. The van der Waals surface area contributed by atoms with Crippen LogP contribution in [0, 0.1) is 5.92 Å². The first kappa shape index (κ1) is 22.4. The molecule has 0 aliphatic rings. The second kappa shape index (κ2) is 9.36. The number of rotatable bonds is 9. The molecule has 9 heteroatoms. The first-order valence-corrected chi connectivity index (χ1v) is 9.86. The Morgan fingerprint density at radius 3 is 2.15 bits per heavy atom. The Balaban J connectivity index is 2.67. The quantitative estimate of drug-likeness (QED) is 0.673. The van der Waals surface area contributed by atoms with E-state index in [-0.39, 0.29) is 16.5 Å². The third-order valence-electron chi connectivity index (χ3n) is 3.65. The molecule has 0 aromatic heterocycles. The molecular formula is C17H25F3N2O3S. The number of halogens is 3. The predicted molar refractivity (Wildman–Crippen MR) is 93.3 cm³/mol. The van der Waals surface area contributed by atoms with Crippen LogP contribution in [0.4, 0.5) is 13.2 Å². The summed E-state index contributed by atoms with van der Waals surface area (Å²) in [6, 6.07) is 4.53. The Labute approximate surface area is 152 Å². The first-order chi connectivity index (χ1) is 11.9. The van der Waals surface area contributed by atoms with Gasteiger partial charge in [-0.25, -0.2) is 13.1 Å². The maximum absolute atomic E-state index is 12.3. The fourth-order valence-electron chi connectivity index (χ4n) is 2.29. The molecule has 148 valence electrons. The van der Waals surface area contributed by atoms with Gasteiger partial charge in [-0.3, -0.25) is 4.79 Å². The summed E-state index contributed by atoms with van der Waals surface area (Å²) in [5.41, 5.74) is -0.0434. The molecule has 26 heavy (non-hydrogen) atoms. The van der Waals surface area contributed by atoms with E-state index in [1.165, 1.54) is 24.3 Å². The maximum Gasteiger partial charge on any atom is 0.405 e. The third kappa shape index (κ3) is 8.18. The van der Waals surface area contributed by atoms with Crippen molar-refractivity contribution in [2.75, 3.05) is 6.54 Å². The van der Waals surface area contributed by atoms with Gasteiger partial charge in [0, 0.05) is 11.6 Å². The highest BCUT2D eigenvalue weighted by molar-refractivity contribution is 7.89. The number of hydrogen-bond acceptors (Lipinski definition) is 3. The fourth-order valence-corrected chi connectivity index (χ4v) is 3.57. The van der Waals surface area contributed by atoms with Gasteiger partial charge in [0.05, 0.1) is 4.90 Å². The molecule has 1 aromatic rings. The Kier molecular flexibility index (Phi) is 8.08. The highest BCUT2D eigenvalue weighted by Crippen LogP contribution is 2.15. The number of benzene rings is 1. The molecule has 0 unspecified atom stereocenters. The van der Waals surface area contributed by atoms with E-state index in [2.05, 4.69) is 18.6 Å². The largest absolute Gasteiger partial charge is 0.405 e. The van der Waals surface area contributed by atoms with E-state index in [4.69, 9.17) is 0 Å². The zero-order valence-corrected chi connectivity index (χ0v) is 15.9. The van der Waals surface area contributed by atoms with Crippen LogP contribution in [0.1, 0.15) is 50.4 Å². The standard InChI is InChI=1S/C17H25F3N2O3S/c1-12(2)5-4-6-13(3)22-26(24,25)15-9-7-14(8-10-15)16(23)21-11-17(18,19)20/h7-10,12-13,22H,4-6,11H2,1-3H3,(H,21,23)/t13-/m1/s1. The van der Waals surface area contributed by atoms with Crippen LogP contribution in [0.15, 0.2) is 29.2 Å². The van der Waals surface area contributed by atoms with Crippen LogP contribution in [0.2, 0.25) is 0 Å². The van der Waals surface area contributed by atoms with Crippen LogP contribution in [-0.2, 0) is 10.0 Å². The summed E-state index contributed by atoms with van der Waals surface area (Å²) in [5.74, 6) is -0.365. The summed E-state index contributed by atoms with van der Waals surface area (Å²) in [6.45, 7) is 4.53. The molecule has 0 saturated carbocycles. The van der Waals surface area contributed by atoms with Gasteiger partial charge in [0.2, 0.25) is 10.0 Å². The molecule has 0 aliphatic carbocycles. The molecule has 2 N–H and O–H groups in total. The van der Waals surface area contributed by atoms with E-state index in [0.29, 0.717) is 12.3 Å². The summed E-state index contributed by atoms with van der Waals surface area (Å²) in [5, 5.41) is 1.73. The maximum atomic E-state index is 12.3. The molecule has 0 aliphatic heterocycles. The Morgan fingerprint density at radius 2 is 1.65 bits per heavy atom. The molecular weight excluding hydrogens is 369 g/mol. The predicted octanol–water partition coefficient (Wildman–Crippen LogP) is 3.47. The van der Waals surface area contributed by atoms with Crippen LogP contribution < -0.4 is 10.0 Å². The number of hydrogen-bond donors (Lipinski definition) is 2. The molecule has 0 spiro atoms. The topological polar surface area (TPSA) is 75.3 Å². The fraction of sp³-hybridized carbons (Fsp3) is 0.588. The van der Waals surface area contributed by atoms with Crippen molar-refractivity contribution in [1.29, 1.82) is 0 Å². The van der Waals surface area contributed by atoms with E-state index in [9.17, 15) is 26.4 Å². The molecule has 5 nitrogen and oxygen atoms in total. The van der Waals surface area contributed by atoms with E-state index in [1.54, 1.807) is 12.2 Å². The third-order valence-corrected chi connectivity index (χ3v) is 5.26. The number of nitrogens with one attached hydrogen (secondary N) is 2. The van der Waals surface area contributed by atoms with Crippen molar-refractivity contribution in [3.8, 4) is 0 Å². The lowest BCUT2D eigenvalue weighted by Crippen LogP contribution is -2.34. The van der Waals surface area contributed by atoms with E-state index in [1.807, 2.05) is 0 Å². The highest BCUT2D eigenvalue weighted by Gasteiger charge is 2.28. The zero-order valence-electron chi connectivity index (χ0n) is 15.1. The van der Waals surface area contributed by atoms with Gasteiger partial charge in [0.25, 0.3) is 5.91 Å². The monoisotopic (exact) mass is 394 g/mol. The van der Waals surface area contributed by atoms with Crippen molar-refractivity contribution in [2.45, 2.75) is 57.1 Å². The molecule has 1 rings (SSSR count). The lowest BCUT2D eigenvalue weighted by Gasteiger charge is -2.15. The van der Waals surface area contributed by atoms with E-state index < -0.39 is 28.7 Å². The molecule has 1 atom stereocenters. The molecule has 0 bridgehead atoms. The smallest absolute Gasteiger partial charge is 0.343 e. The van der Waals surface area contributed by atoms with Crippen LogP contribution in [-0.4, -0.2) is 33.1 Å². The summed E-state index contributed by atoms with van der Waals surface area (Å²) in [6.07, 6.45) is -1.89. The van der Waals surface area contributed by atoms with Crippen molar-refractivity contribution in [1.82, 2.24) is 10.0 Å². The normalized spacial score (nSPS) is 13.7. The minimum Gasteiger partial charge on any atom is -0.343 e. The number of alkyl halides is 3. The molecule has 0 fully saturated rings. The summed E-state index contributed by atoms with van der Waals surface area (Å²) in [7, 11) is -3.75. The molecule has 1 aromatic carbocycles. The van der Waals surface area contributed by atoms with E-state index >= 15 is 0 Å². The van der Waals surface area contributed by atoms with Gasteiger partial charge in [0.1, 0.15) is 6.54 Å². The number of sulfonamides is 1. The summed E-state index contributed by atoms with van der Waals surface area (Å²) in [4.78, 5) is 11.6. The van der Waals surface area contributed by atoms with Crippen LogP contribution >= 0.6 is 0 Å². The van der Waals surface area contributed by atoms with Gasteiger partial charge in [0.15, 0.2) is 0 Å². The van der Waals surface area contributed by atoms with Crippen molar-refractivity contribution in [3.63, 3.8) is 0 Å². The number of amides is 1. The molecule has 0 saturated heterocycles. The highest BCUT2D eigenvalue weighted by atomic mass is 32.2. The number of carbonyl (C=O) groups is 1. The Hall–Kier alpha value is -1.61. The van der Waals surface area contributed by atoms with Gasteiger partial charge in [-0.05, 0) is 43.5 Å². The van der Waals surface area contributed by atoms with Gasteiger partial charge in [-0.15, -0.1) is 0 Å². The SMILES string of the molecule is CC(C)CCC[C@@H](C)NS(=O)(=O)c1ccc(C(=O)NCC(F)(F)F)cc1. The lowest BCUT2D eigenvalue weighted by molar-refractivity contribution is -0.123. The van der Waals surface area contributed by atoms with Crippen molar-refractivity contribution in [3.05, 3.63) is 29.8 Å². The molecule has 0 heterocycles. The second-order valence-corrected chi connectivity index (χ2v) is 8.38. The average Bonchev–Trinajstić information content (AvgIpc) is 2.51. The summed E-state index contributed by atoms with van der Waals surface area (Å²) >= 11 is 0. The summed E-state index contributed by atoms with van der Waals surface area (Å²) < 4.78 is 63.5. The number of carbonyl (C=O) groups excluding carboxylic acids is 1. The van der Waals surface area contributed by atoms with Crippen molar-refractivity contribution in [2.24, 2.45) is 5.92 Å². The van der Waals surface area contributed by atoms with Crippen LogP contribution in [0.5, 0.6) is 0 Å². The second-order valence-electron chi connectivity index (χ2n) is 6.67. The van der Waals surface area contributed by atoms with Crippen LogP contribution in [0.25, 0.3) is 0 Å². The van der Waals surface area contributed by atoms with Gasteiger partial charge >= 0.3 is 6.18 Å².